The number of benzene rings is 1. The first-order valence-corrected chi connectivity index (χ1v) is 5.06. The van der Waals surface area contributed by atoms with Crippen LogP contribution in [0.2, 0.25) is 0 Å². The SMILES string of the molecule is C#CC(C)NCc1ccc(F)cc1Br. The summed E-state index contributed by atoms with van der Waals surface area (Å²) in [7, 11) is 0. The summed E-state index contributed by atoms with van der Waals surface area (Å²) >= 11 is 3.29. The summed E-state index contributed by atoms with van der Waals surface area (Å²) in [6.07, 6.45) is 5.21. The third kappa shape index (κ3) is 3.13. The fraction of sp³-hybridized carbons (Fsp3) is 0.273. The Bertz CT molecular complexity index is 357. The molecular formula is C11H11BrFN. The van der Waals surface area contributed by atoms with Gasteiger partial charge >= 0.3 is 0 Å². The van der Waals surface area contributed by atoms with Gasteiger partial charge in [-0.3, -0.25) is 5.32 Å². The molecule has 1 aromatic rings. The molecule has 1 N–H and O–H groups in total. The molecular weight excluding hydrogens is 245 g/mol. The van der Waals surface area contributed by atoms with E-state index in [0.29, 0.717) is 6.54 Å². The predicted octanol–water partition coefficient (Wildman–Crippen LogP) is 2.70. The Balaban J connectivity index is 2.64. The quantitative estimate of drug-likeness (QED) is 0.820. The van der Waals surface area contributed by atoms with Gasteiger partial charge in [0.15, 0.2) is 0 Å². The van der Waals surface area contributed by atoms with Gasteiger partial charge in [0, 0.05) is 11.0 Å². The normalized spacial score (nSPS) is 12.1. The molecule has 0 fully saturated rings. The second-order valence-electron chi connectivity index (χ2n) is 3.00. The van der Waals surface area contributed by atoms with Gasteiger partial charge in [0.2, 0.25) is 0 Å². The molecule has 1 unspecified atom stereocenters. The van der Waals surface area contributed by atoms with E-state index in [2.05, 4.69) is 27.2 Å². The maximum atomic E-state index is 12.7. The lowest BCUT2D eigenvalue weighted by atomic mass is 10.2. The lowest BCUT2D eigenvalue weighted by Crippen LogP contribution is -2.23. The molecule has 0 aliphatic rings. The molecule has 0 aromatic heterocycles. The van der Waals surface area contributed by atoms with E-state index >= 15 is 0 Å². The standard InChI is InChI=1S/C11H11BrFN/c1-3-8(2)14-7-9-4-5-10(13)6-11(9)12/h1,4-6,8,14H,7H2,2H3. The topological polar surface area (TPSA) is 12.0 Å². The lowest BCUT2D eigenvalue weighted by molar-refractivity contribution is 0.620. The Labute approximate surface area is 91.8 Å². The Morgan fingerprint density at radius 2 is 2.36 bits per heavy atom. The van der Waals surface area contributed by atoms with E-state index in [0.717, 1.165) is 10.0 Å². The highest BCUT2D eigenvalue weighted by Gasteiger charge is 2.02. The maximum Gasteiger partial charge on any atom is 0.124 e. The van der Waals surface area contributed by atoms with Crippen LogP contribution in [0.4, 0.5) is 4.39 Å². The molecule has 0 bridgehead atoms. The summed E-state index contributed by atoms with van der Waals surface area (Å²) in [5, 5.41) is 3.12. The van der Waals surface area contributed by atoms with Crippen molar-refractivity contribution in [2.45, 2.75) is 19.5 Å². The Morgan fingerprint density at radius 1 is 1.64 bits per heavy atom. The summed E-state index contributed by atoms with van der Waals surface area (Å²) < 4.78 is 13.5. The van der Waals surface area contributed by atoms with Crippen LogP contribution in [0.5, 0.6) is 0 Å². The molecule has 0 aliphatic carbocycles. The molecule has 0 heterocycles. The zero-order valence-corrected chi connectivity index (χ0v) is 9.44. The third-order valence-corrected chi connectivity index (χ3v) is 2.60. The minimum absolute atomic E-state index is 0.0203. The molecule has 0 saturated carbocycles. The van der Waals surface area contributed by atoms with Gasteiger partial charge in [-0.25, -0.2) is 4.39 Å². The van der Waals surface area contributed by atoms with Crippen molar-refractivity contribution in [3.05, 3.63) is 34.1 Å². The van der Waals surface area contributed by atoms with E-state index in [1.165, 1.54) is 12.1 Å². The lowest BCUT2D eigenvalue weighted by Gasteiger charge is -2.08. The van der Waals surface area contributed by atoms with Gasteiger partial charge in [-0.1, -0.05) is 27.9 Å². The highest BCUT2D eigenvalue weighted by atomic mass is 79.9. The number of hydrogen-bond acceptors (Lipinski definition) is 1. The van der Waals surface area contributed by atoms with Crippen LogP contribution in [0.1, 0.15) is 12.5 Å². The van der Waals surface area contributed by atoms with Gasteiger partial charge in [0.05, 0.1) is 6.04 Å². The molecule has 0 radical (unpaired) electrons. The third-order valence-electron chi connectivity index (χ3n) is 1.86. The molecule has 3 heteroatoms. The predicted molar refractivity (Wildman–Crippen MR) is 59.2 cm³/mol. The zero-order valence-electron chi connectivity index (χ0n) is 7.85. The number of rotatable bonds is 3. The van der Waals surface area contributed by atoms with Gasteiger partial charge in [-0.05, 0) is 24.6 Å². The Kier molecular flexibility index (Phi) is 4.12. The first kappa shape index (κ1) is 11.2. The summed E-state index contributed by atoms with van der Waals surface area (Å²) in [5.74, 6) is 2.32. The van der Waals surface area contributed by atoms with Crippen LogP contribution in [0, 0.1) is 18.2 Å². The van der Waals surface area contributed by atoms with Crippen LogP contribution < -0.4 is 5.32 Å². The average molecular weight is 256 g/mol. The van der Waals surface area contributed by atoms with E-state index in [1.807, 2.05) is 6.92 Å². The molecule has 1 atom stereocenters. The first-order chi connectivity index (χ1) is 6.63. The minimum atomic E-state index is -0.245. The zero-order chi connectivity index (χ0) is 10.6. The second-order valence-corrected chi connectivity index (χ2v) is 3.86. The summed E-state index contributed by atoms with van der Waals surface area (Å²) in [4.78, 5) is 0. The molecule has 0 spiro atoms. The van der Waals surface area contributed by atoms with Gasteiger partial charge < -0.3 is 0 Å². The number of hydrogen-bond donors (Lipinski definition) is 1. The van der Waals surface area contributed by atoms with Gasteiger partial charge in [-0.2, -0.15) is 0 Å². The highest BCUT2D eigenvalue weighted by molar-refractivity contribution is 9.10. The molecule has 1 aromatic carbocycles. The van der Waals surface area contributed by atoms with E-state index in [9.17, 15) is 4.39 Å². The average Bonchev–Trinajstić information content (AvgIpc) is 2.16. The van der Waals surface area contributed by atoms with Crippen molar-refractivity contribution in [3.63, 3.8) is 0 Å². The van der Waals surface area contributed by atoms with Crippen molar-refractivity contribution < 1.29 is 4.39 Å². The molecule has 0 aliphatic heterocycles. The molecule has 0 saturated heterocycles. The summed E-state index contributed by atoms with van der Waals surface area (Å²) in [5.41, 5.74) is 0.994. The number of nitrogens with one attached hydrogen (secondary N) is 1. The van der Waals surface area contributed by atoms with Gasteiger partial charge in [0.1, 0.15) is 5.82 Å². The smallest absolute Gasteiger partial charge is 0.124 e. The molecule has 1 nitrogen and oxygen atoms in total. The molecule has 1 rings (SSSR count). The minimum Gasteiger partial charge on any atom is -0.300 e. The van der Waals surface area contributed by atoms with Gasteiger partial charge in [0.25, 0.3) is 0 Å². The van der Waals surface area contributed by atoms with Crippen LogP contribution in [-0.4, -0.2) is 6.04 Å². The van der Waals surface area contributed by atoms with Crippen molar-refractivity contribution in [2.75, 3.05) is 0 Å². The Morgan fingerprint density at radius 3 is 2.93 bits per heavy atom. The van der Waals surface area contributed by atoms with E-state index in [4.69, 9.17) is 6.42 Å². The summed E-state index contributed by atoms with van der Waals surface area (Å²) in [6.45, 7) is 2.53. The van der Waals surface area contributed by atoms with Crippen molar-refractivity contribution in [3.8, 4) is 12.3 Å². The van der Waals surface area contributed by atoms with Crippen LogP contribution in [-0.2, 0) is 6.54 Å². The van der Waals surface area contributed by atoms with Crippen molar-refractivity contribution in [1.82, 2.24) is 5.32 Å². The van der Waals surface area contributed by atoms with Crippen molar-refractivity contribution >= 4 is 15.9 Å². The fourth-order valence-corrected chi connectivity index (χ4v) is 1.48. The second kappa shape index (κ2) is 5.14. The fourth-order valence-electron chi connectivity index (χ4n) is 0.987. The Hall–Kier alpha value is -0.850. The molecule has 74 valence electrons. The van der Waals surface area contributed by atoms with Crippen molar-refractivity contribution in [2.24, 2.45) is 0 Å². The molecule has 0 amide bonds. The number of halogens is 2. The van der Waals surface area contributed by atoms with E-state index in [-0.39, 0.29) is 11.9 Å². The van der Waals surface area contributed by atoms with Crippen LogP contribution in [0.25, 0.3) is 0 Å². The van der Waals surface area contributed by atoms with Crippen molar-refractivity contribution in [1.29, 1.82) is 0 Å². The van der Waals surface area contributed by atoms with E-state index < -0.39 is 0 Å². The molecule has 14 heavy (non-hydrogen) atoms. The number of terminal acetylenes is 1. The van der Waals surface area contributed by atoms with Crippen LogP contribution in [0.15, 0.2) is 22.7 Å². The summed E-state index contributed by atoms with van der Waals surface area (Å²) in [6, 6.07) is 4.63. The largest absolute Gasteiger partial charge is 0.300 e. The van der Waals surface area contributed by atoms with Crippen LogP contribution >= 0.6 is 15.9 Å². The monoisotopic (exact) mass is 255 g/mol. The highest BCUT2D eigenvalue weighted by Crippen LogP contribution is 2.17. The maximum absolute atomic E-state index is 12.7. The van der Waals surface area contributed by atoms with Crippen LogP contribution in [0.3, 0.4) is 0 Å². The first-order valence-electron chi connectivity index (χ1n) is 4.27. The van der Waals surface area contributed by atoms with E-state index in [1.54, 1.807) is 6.07 Å². The van der Waals surface area contributed by atoms with Gasteiger partial charge in [-0.15, -0.1) is 6.42 Å².